The molecular weight excluding hydrogens is 449 g/mol. The van der Waals surface area contributed by atoms with Crippen molar-refractivity contribution in [3.05, 3.63) is 34.1 Å². The van der Waals surface area contributed by atoms with Gasteiger partial charge in [0.25, 0.3) is 0 Å². The second-order valence-electron chi connectivity index (χ2n) is 6.10. The third kappa shape index (κ3) is 7.31. The first-order valence-electron chi connectivity index (χ1n) is 8.40. The lowest BCUT2D eigenvalue weighted by Crippen LogP contribution is -2.39. The van der Waals surface area contributed by atoms with Crippen molar-refractivity contribution in [2.24, 2.45) is 4.99 Å². The predicted octanol–water partition coefficient (Wildman–Crippen LogP) is 3.77. The third-order valence-corrected chi connectivity index (χ3v) is 4.79. The van der Waals surface area contributed by atoms with E-state index in [1.807, 2.05) is 0 Å². The molecule has 0 aliphatic heterocycles. The molecule has 8 heteroatoms. The van der Waals surface area contributed by atoms with Gasteiger partial charge >= 0.3 is 0 Å². The number of aryl methyl sites for hydroxylation is 1. The van der Waals surface area contributed by atoms with Crippen LogP contribution in [0.15, 0.2) is 27.0 Å². The van der Waals surface area contributed by atoms with Gasteiger partial charge in [0.1, 0.15) is 0 Å². The molecule has 2 heterocycles. The molecule has 0 aliphatic rings. The molecule has 0 spiro atoms. The van der Waals surface area contributed by atoms with Crippen molar-refractivity contribution in [2.75, 3.05) is 20.1 Å². The summed E-state index contributed by atoms with van der Waals surface area (Å²) in [6.45, 7) is 8.01. The number of aliphatic imine (C=N–C) groups is 1. The first-order valence-corrected chi connectivity index (χ1v) is 9.28. The number of aromatic nitrogens is 2. The zero-order valence-electron chi connectivity index (χ0n) is 15.3. The van der Waals surface area contributed by atoms with Crippen LogP contribution in [0.3, 0.4) is 0 Å². The van der Waals surface area contributed by atoms with E-state index in [0.29, 0.717) is 17.7 Å². The van der Waals surface area contributed by atoms with E-state index in [2.05, 4.69) is 64.1 Å². The number of nitrogens with one attached hydrogen (secondary N) is 2. The van der Waals surface area contributed by atoms with Crippen LogP contribution in [0.1, 0.15) is 55.6 Å². The van der Waals surface area contributed by atoms with Gasteiger partial charge in [-0.3, -0.25) is 4.99 Å². The van der Waals surface area contributed by atoms with E-state index in [-0.39, 0.29) is 24.0 Å². The van der Waals surface area contributed by atoms with E-state index in [1.165, 1.54) is 4.88 Å². The van der Waals surface area contributed by atoms with Crippen molar-refractivity contribution in [3.63, 3.8) is 0 Å². The number of hydrogen-bond acceptors (Lipinski definition) is 5. The maximum atomic E-state index is 5.25. The monoisotopic (exact) mass is 477 g/mol. The summed E-state index contributed by atoms with van der Waals surface area (Å²) >= 11 is 1.79. The molecule has 0 aliphatic carbocycles. The molecule has 2 rings (SSSR count). The standard InChI is InChI=1S/C17H27N5OS.HI/c1-12(2)16-21-15(23-22-16)8-5-9-19-17(18-4)20-11-13(3)14-7-6-10-24-14;/h6-7,10,12-13H,5,8-9,11H2,1-4H3,(H2,18,19,20);1H. The van der Waals surface area contributed by atoms with Crippen molar-refractivity contribution in [3.8, 4) is 0 Å². The van der Waals surface area contributed by atoms with Gasteiger partial charge in [0, 0.05) is 43.3 Å². The molecule has 1 atom stereocenters. The van der Waals surface area contributed by atoms with Gasteiger partial charge < -0.3 is 15.2 Å². The lowest BCUT2D eigenvalue weighted by atomic mass is 10.1. The van der Waals surface area contributed by atoms with Crippen LogP contribution in [0.25, 0.3) is 0 Å². The van der Waals surface area contributed by atoms with Crippen LogP contribution in [-0.2, 0) is 6.42 Å². The van der Waals surface area contributed by atoms with Crippen molar-refractivity contribution in [2.45, 2.75) is 45.4 Å². The van der Waals surface area contributed by atoms with Gasteiger partial charge in [-0.25, -0.2) is 0 Å². The van der Waals surface area contributed by atoms with Crippen LogP contribution in [0, 0.1) is 0 Å². The molecule has 0 aromatic carbocycles. The second-order valence-corrected chi connectivity index (χ2v) is 7.08. The van der Waals surface area contributed by atoms with Gasteiger partial charge in [0.05, 0.1) is 0 Å². The minimum absolute atomic E-state index is 0. The van der Waals surface area contributed by atoms with Crippen LogP contribution >= 0.6 is 35.3 Å². The molecule has 1 unspecified atom stereocenters. The summed E-state index contributed by atoms with van der Waals surface area (Å²) in [7, 11) is 1.79. The van der Waals surface area contributed by atoms with Crippen molar-refractivity contribution < 1.29 is 4.52 Å². The molecule has 0 amide bonds. The van der Waals surface area contributed by atoms with Crippen LogP contribution in [-0.4, -0.2) is 36.2 Å². The number of rotatable bonds is 8. The Hall–Kier alpha value is -1.16. The number of nitrogens with zero attached hydrogens (tertiary/aromatic N) is 3. The number of thiophene rings is 1. The normalized spacial score (nSPS) is 12.8. The molecule has 2 aromatic heterocycles. The second kappa shape index (κ2) is 11.5. The topological polar surface area (TPSA) is 75.3 Å². The summed E-state index contributed by atoms with van der Waals surface area (Å²) in [5.41, 5.74) is 0. The molecule has 0 radical (unpaired) electrons. The number of guanidine groups is 1. The molecule has 0 bridgehead atoms. The largest absolute Gasteiger partial charge is 0.356 e. The van der Waals surface area contributed by atoms with Crippen LogP contribution in [0.5, 0.6) is 0 Å². The van der Waals surface area contributed by atoms with Crippen LogP contribution in [0.2, 0.25) is 0 Å². The molecule has 140 valence electrons. The Morgan fingerprint density at radius 2 is 2.12 bits per heavy atom. The fourth-order valence-electron chi connectivity index (χ4n) is 2.19. The quantitative estimate of drug-likeness (QED) is 0.262. The molecule has 0 fully saturated rings. The molecule has 6 nitrogen and oxygen atoms in total. The number of halogens is 1. The average Bonchev–Trinajstić information content (AvgIpc) is 3.25. The minimum Gasteiger partial charge on any atom is -0.356 e. The van der Waals surface area contributed by atoms with E-state index < -0.39 is 0 Å². The Kier molecular flexibility index (Phi) is 10.0. The highest BCUT2D eigenvalue weighted by atomic mass is 127. The van der Waals surface area contributed by atoms with E-state index >= 15 is 0 Å². The maximum Gasteiger partial charge on any atom is 0.226 e. The zero-order valence-corrected chi connectivity index (χ0v) is 18.4. The summed E-state index contributed by atoms with van der Waals surface area (Å²) in [6, 6.07) is 4.26. The maximum absolute atomic E-state index is 5.25. The highest BCUT2D eigenvalue weighted by Gasteiger charge is 2.10. The molecule has 2 N–H and O–H groups in total. The lowest BCUT2D eigenvalue weighted by Gasteiger charge is -2.15. The van der Waals surface area contributed by atoms with Gasteiger partial charge in [0.2, 0.25) is 5.89 Å². The van der Waals surface area contributed by atoms with Crippen molar-refractivity contribution in [1.82, 2.24) is 20.8 Å². The fraction of sp³-hybridized carbons (Fsp3) is 0.588. The molecule has 25 heavy (non-hydrogen) atoms. The molecule has 0 saturated heterocycles. The van der Waals surface area contributed by atoms with E-state index in [4.69, 9.17) is 4.52 Å². The van der Waals surface area contributed by atoms with Crippen LogP contribution < -0.4 is 10.6 Å². The fourth-order valence-corrected chi connectivity index (χ4v) is 2.98. The molecule has 0 saturated carbocycles. The van der Waals surface area contributed by atoms with Gasteiger partial charge in [-0.1, -0.05) is 32.0 Å². The molecule has 2 aromatic rings. The Morgan fingerprint density at radius 3 is 2.72 bits per heavy atom. The van der Waals surface area contributed by atoms with E-state index in [1.54, 1.807) is 18.4 Å². The highest BCUT2D eigenvalue weighted by molar-refractivity contribution is 14.0. The van der Waals surface area contributed by atoms with Crippen molar-refractivity contribution in [1.29, 1.82) is 0 Å². The summed E-state index contributed by atoms with van der Waals surface area (Å²) in [5, 5.41) is 12.8. The van der Waals surface area contributed by atoms with Gasteiger partial charge in [-0.15, -0.1) is 35.3 Å². The first kappa shape index (κ1) is 21.9. The van der Waals surface area contributed by atoms with Gasteiger partial charge in [-0.05, 0) is 17.9 Å². The Bertz CT molecular complexity index is 627. The molecular formula is C17H28IN5OS. The van der Waals surface area contributed by atoms with Gasteiger partial charge in [0.15, 0.2) is 11.8 Å². The smallest absolute Gasteiger partial charge is 0.226 e. The summed E-state index contributed by atoms with van der Waals surface area (Å²) in [6.07, 6.45) is 1.69. The minimum atomic E-state index is 0. The predicted molar refractivity (Wildman–Crippen MR) is 114 cm³/mol. The van der Waals surface area contributed by atoms with Crippen molar-refractivity contribution >= 4 is 41.3 Å². The van der Waals surface area contributed by atoms with E-state index in [9.17, 15) is 0 Å². The Labute approximate surface area is 170 Å². The number of hydrogen-bond donors (Lipinski definition) is 2. The summed E-state index contributed by atoms with van der Waals surface area (Å²) < 4.78 is 5.25. The Morgan fingerprint density at radius 1 is 1.32 bits per heavy atom. The first-order chi connectivity index (χ1) is 11.6. The SMILES string of the molecule is CN=C(NCCCc1nc(C(C)C)no1)NCC(C)c1cccs1.I. The zero-order chi connectivity index (χ0) is 17.4. The Balaban J connectivity index is 0.00000312. The summed E-state index contributed by atoms with van der Waals surface area (Å²) in [4.78, 5) is 10.0. The summed E-state index contributed by atoms with van der Waals surface area (Å²) in [5.74, 6) is 3.07. The average molecular weight is 477 g/mol. The van der Waals surface area contributed by atoms with E-state index in [0.717, 1.165) is 37.7 Å². The highest BCUT2D eigenvalue weighted by Crippen LogP contribution is 2.19. The van der Waals surface area contributed by atoms with Gasteiger partial charge in [-0.2, -0.15) is 4.98 Å². The lowest BCUT2D eigenvalue weighted by molar-refractivity contribution is 0.368. The third-order valence-electron chi connectivity index (χ3n) is 3.69. The van der Waals surface area contributed by atoms with Crippen LogP contribution in [0.4, 0.5) is 0 Å².